The Balaban J connectivity index is 2.20. The molecule has 2 aromatic rings. The van der Waals surface area contributed by atoms with Crippen molar-refractivity contribution in [3.05, 3.63) is 69.4 Å². The van der Waals surface area contributed by atoms with E-state index in [0.717, 1.165) is 10.0 Å². The fourth-order valence-corrected chi connectivity index (χ4v) is 2.50. The number of amides is 1. The summed E-state index contributed by atoms with van der Waals surface area (Å²) in [6, 6.07) is 8.20. The molecule has 1 atom stereocenters. The van der Waals surface area contributed by atoms with Crippen molar-refractivity contribution in [2.45, 2.75) is 13.0 Å². The predicted molar refractivity (Wildman–Crippen MR) is 76.3 cm³/mol. The Morgan fingerprint density at radius 3 is 2.29 bits per heavy atom. The molecule has 6 heteroatoms. The highest BCUT2D eigenvalue weighted by Crippen LogP contribution is 2.23. The lowest BCUT2D eigenvalue weighted by atomic mass is 10.1. The number of hydrogen-bond donors (Lipinski definition) is 1. The lowest BCUT2D eigenvalue weighted by Crippen LogP contribution is -2.27. The summed E-state index contributed by atoms with van der Waals surface area (Å²) >= 11 is 3.35. The van der Waals surface area contributed by atoms with Gasteiger partial charge in [-0.05, 0) is 30.7 Å². The normalized spacial score (nSPS) is 12.0. The molecule has 0 radical (unpaired) electrons. The van der Waals surface area contributed by atoms with E-state index in [-0.39, 0.29) is 11.6 Å². The first kappa shape index (κ1) is 15.6. The van der Waals surface area contributed by atoms with Gasteiger partial charge in [0.1, 0.15) is 0 Å². The molecule has 0 aromatic heterocycles. The first-order valence-electron chi connectivity index (χ1n) is 6.10. The molecule has 2 rings (SSSR count). The van der Waals surface area contributed by atoms with Crippen LogP contribution in [0.2, 0.25) is 0 Å². The van der Waals surface area contributed by atoms with E-state index in [1.54, 1.807) is 19.1 Å². The van der Waals surface area contributed by atoms with E-state index in [2.05, 4.69) is 21.2 Å². The Bertz CT molecular complexity index is 667. The fourth-order valence-electron chi connectivity index (χ4n) is 1.87. The monoisotopic (exact) mass is 357 g/mol. The summed E-state index contributed by atoms with van der Waals surface area (Å²) in [4.78, 5) is 12.0. The maximum Gasteiger partial charge on any atom is 0.251 e. The van der Waals surface area contributed by atoms with Gasteiger partial charge in [0.05, 0.1) is 6.04 Å². The molecule has 0 spiro atoms. The number of nitrogens with one attached hydrogen (secondary N) is 1. The average Bonchev–Trinajstić information content (AvgIpc) is 2.44. The third-order valence-electron chi connectivity index (χ3n) is 2.97. The van der Waals surface area contributed by atoms with Crippen LogP contribution in [-0.4, -0.2) is 5.91 Å². The van der Waals surface area contributed by atoms with Crippen LogP contribution in [0.5, 0.6) is 0 Å². The van der Waals surface area contributed by atoms with Gasteiger partial charge in [-0.1, -0.05) is 34.1 Å². The van der Waals surface area contributed by atoms with Crippen LogP contribution in [-0.2, 0) is 0 Å². The van der Waals surface area contributed by atoms with Crippen molar-refractivity contribution >= 4 is 21.8 Å². The standard InChI is InChI=1S/C15H11BrF3NO/c1-8(10-4-2-3-5-11(10)16)20-15(21)9-6-12(17)14(19)13(18)7-9/h2-8H,1H3,(H,20,21). The number of rotatable bonds is 3. The molecule has 0 aliphatic rings. The molecule has 0 aliphatic carbocycles. The molecule has 0 saturated carbocycles. The van der Waals surface area contributed by atoms with E-state index in [1.165, 1.54) is 0 Å². The molecule has 21 heavy (non-hydrogen) atoms. The van der Waals surface area contributed by atoms with E-state index in [1.807, 2.05) is 12.1 Å². The van der Waals surface area contributed by atoms with Gasteiger partial charge in [0.25, 0.3) is 5.91 Å². The molecule has 0 fully saturated rings. The first-order valence-corrected chi connectivity index (χ1v) is 6.89. The van der Waals surface area contributed by atoms with Gasteiger partial charge in [0.2, 0.25) is 0 Å². The number of carbonyl (C=O) groups excluding carboxylic acids is 1. The molecular weight excluding hydrogens is 347 g/mol. The smallest absolute Gasteiger partial charge is 0.251 e. The zero-order valence-corrected chi connectivity index (χ0v) is 12.5. The van der Waals surface area contributed by atoms with Gasteiger partial charge in [0, 0.05) is 10.0 Å². The molecule has 1 unspecified atom stereocenters. The van der Waals surface area contributed by atoms with Crippen molar-refractivity contribution in [2.75, 3.05) is 0 Å². The molecule has 0 bridgehead atoms. The Hall–Kier alpha value is -1.82. The highest BCUT2D eigenvalue weighted by atomic mass is 79.9. The molecular formula is C15H11BrF3NO. The van der Waals surface area contributed by atoms with E-state index < -0.39 is 23.4 Å². The lowest BCUT2D eigenvalue weighted by Gasteiger charge is -2.16. The summed E-state index contributed by atoms with van der Waals surface area (Å²) in [5, 5.41) is 2.60. The summed E-state index contributed by atoms with van der Waals surface area (Å²) in [7, 11) is 0. The van der Waals surface area contributed by atoms with Crippen LogP contribution in [0.3, 0.4) is 0 Å². The van der Waals surface area contributed by atoms with Crippen LogP contribution in [0, 0.1) is 17.5 Å². The Morgan fingerprint density at radius 1 is 1.14 bits per heavy atom. The minimum absolute atomic E-state index is 0.273. The van der Waals surface area contributed by atoms with Crippen molar-refractivity contribution in [1.29, 1.82) is 0 Å². The van der Waals surface area contributed by atoms with E-state index in [0.29, 0.717) is 12.1 Å². The topological polar surface area (TPSA) is 29.1 Å². The SMILES string of the molecule is CC(NC(=O)c1cc(F)c(F)c(F)c1)c1ccccc1Br. The Morgan fingerprint density at radius 2 is 1.71 bits per heavy atom. The van der Waals surface area contributed by atoms with Gasteiger partial charge >= 0.3 is 0 Å². The second-order valence-electron chi connectivity index (χ2n) is 4.47. The summed E-state index contributed by atoms with van der Waals surface area (Å²) < 4.78 is 39.9. The molecule has 1 N–H and O–H groups in total. The van der Waals surface area contributed by atoms with Crippen LogP contribution >= 0.6 is 15.9 Å². The second-order valence-corrected chi connectivity index (χ2v) is 5.32. The van der Waals surface area contributed by atoms with E-state index in [4.69, 9.17) is 0 Å². The number of halogens is 4. The molecule has 2 aromatic carbocycles. The summed E-state index contributed by atoms with van der Waals surface area (Å²) in [6.07, 6.45) is 0. The lowest BCUT2D eigenvalue weighted by molar-refractivity contribution is 0.0938. The Kier molecular flexibility index (Phi) is 4.67. The van der Waals surface area contributed by atoms with Gasteiger partial charge in [0.15, 0.2) is 17.5 Å². The van der Waals surface area contributed by atoms with Crippen molar-refractivity contribution in [2.24, 2.45) is 0 Å². The molecule has 0 aliphatic heterocycles. The number of hydrogen-bond acceptors (Lipinski definition) is 1. The van der Waals surface area contributed by atoms with Gasteiger partial charge in [-0.3, -0.25) is 4.79 Å². The fraction of sp³-hybridized carbons (Fsp3) is 0.133. The van der Waals surface area contributed by atoms with Gasteiger partial charge in [-0.15, -0.1) is 0 Å². The van der Waals surface area contributed by atoms with Gasteiger partial charge < -0.3 is 5.32 Å². The maximum absolute atomic E-state index is 13.1. The molecule has 0 saturated heterocycles. The van der Waals surface area contributed by atoms with Crippen LogP contribution in [0.4, 0.5) is 13.2 Å². The molecule has 0 heterocycles. The number of carbonyl (C=O) groups is 1. The highest BCUT2D eigenvalue weighted by molar-refractivity contribution is 9.10. The zero-order valence-electron chi connectivity index (χ0n) is 11.0. The average molecular weight is 358 g/mol. The first-order chi connectivity index (χ1) is 9.90. The van der Waals surface area contributed by atoms with Crippen molar-refractivity contribution in [1.82, 2.24) is 5.32 Å². The second kappa shape index (κ2) is 6.30. The van der Waals surface area contributed by atoms with Gasteiger partial charge in [-0.25, -0.2) is 13.2 Å². The van der Waals surface area contributed by atoms with E-state index in [9.17, 15) is 18.0 Å². The zero-order chi connectivity index (χ0) is 15.6. The van der Waals surface area contributed by atoms with Crippen LogP contribution < -0.4 is 5.32 Å². The quantitative estimate of drug-likeness (QED) is 0.812. The molecule has 1 amide bonds. The number of benzene rings is 2. The van der Waals surface area contributed by atoms with E-state index >= 15 is 0 Å². The Labute approximate surface area is 128 Å². The third-order valence-corrected chi connectivity index (χ3v) is 3.69. The van der Waals surface area contributed by atoms with Crippen molar-refractivity contribution in [3.63, 3.8) is 0 Å². The maximum atomic E-state index is 13.1. The largest absolute Gasteiger partial charge is 0.345 e. The minimum atomic E-state index is -1.59. The van der Waals surface area contributed by atoms with Crippen LogP contribution in [0.25, 0.3) is 0 Å². The van der Waals surface area contributed by atoms with Crippen molar-refractivity contribution in [3.8, 4) is 0 Å². The van der Waals surface area contributed by atoms with Crippen molar-refractivity contribution < 1.29 is 18.0 Å². The van der Waals surface area contributed by atoms with Crippen LogP contribution in [0.15, 0.2) is 40.9 Å². The summed E-state index contributed by atoms with van der Waals surface area (Å²) in [5.41, 5.74) is 0.541. The summed E-state index contributed by atoms with van der Waals surface area (Å²) in [5.74, 6) is -5.07. The van der Waals surface area contributed by atoms with Crippen LogP contribution in [0.1, 0.15) is 28.9 Å². The molecule has 110 valence electrons. The predicted octanol–water partition coefficient (Wildman–Crippen LogP) is 4.36. The summed E-state index contributed by atoms with van der Waals surface area (Å²) in [6.45, 7) is 1.73. The van der Waals surface area contributed by atoms with Gasteiger partial charge in [-0.2, -0.15) is 0 Å². The highest BCUT2D eigenvalue weighted by Gasteiger charge is 2.17. The molecule has 2 nitrogen and oxygen atoms in total. The minimum Gasteiger partial charge on any atom is -0.345 e. The third kappa shape index (κ3) is 3.44.